The second-order valence-electron chi connectivity index (χ2n) is 7.03. The maximum absolute atomic E-state index is 13.2. The van der Waals surface area contributed by atoms with E-state index in [0.29, 0.717) is 11.4 Å². The van der Waals surface area contributed by atoms with Gasteiger partial charge in [0.25, 0.3) is 0 Å². The largest absolute Gasteiger partial charge is 0.305 e. The Morgan fingerprint density at radius 2 is 1.88 bits per heavy atom. The molecule has 25 heavy (non-hydrogen) atoms. The van der Waals surface area contributed by atoms with Crippen molar-refractivity contribution in [3.8, 4) is 0 Å². The lowest BCUT2D eigenvalue weighted by atomic mass is 10.0. The van der Waals surface area contributed by atoms with E-state index in [9.17, 15) is 8.42 Å². The van der Waals surface area contributed by atoms with Gasteiger partial charge in [0.2, 0.25) is 10.0 Å². The molecule has 2 aromatic rings. The van der Waals surface area contributed by atoms with E-state index in [1.54, 1.807) is 15.6 Å². The third kappa shape index (κ3) is 3.82. The Bertz CT molecular complexity index is 839. The highest BCUT2D eigenvalue weighted by molar-refractivity contribution is 7.89. The number of thiophene rings is 1. The maximum atomic E-state index is 13.2. The second-order valence-corrected chi connectivity index (χ2v) is 10.4. The molecule has 1 atom stereocenters. The van der Waals surface area contributed by atoms with Gasteiger partial charge in [-0.3, -0.25) is 0 Å². The summed E-state index contributed by atoms with van der Waals surface area (Å²) in [7, 11) is 0.653. The van der Waals surface area contributed by atoms with Crippen molar-refractivity contribution >= 4 is 21.4 Å². The Balaban J connectivity index is 1.88. The Labute approximate surface area is 155 Å². The van der Waals surface area contributed by atoms with Gasteiger partial charge in [-0.05, 0) is 58.0 Å². The van der Waals surface area contributed by atoms with Gasteiger partial charge in [-0.2, -0.15) is 4.31 Å². The first-order valence-electron chi connectivity index (χ1n) is 8.61. The average molecular weight is 379 g/mol. The van der Waals surface area contributed by atoms with E-state index in [1.807, 2.05) is 34.0 Å². The Morgan fingerprint density at radius 1 is 1.20 bits per heavy atom. The molecule has 0 amide bonds. The van der Waals surface area contributed by atoms with Crippen molar-refractivity contribution in [2.24, 2.45) is 0 Å². The van der Waals surface area contributed by atoms with Crippen LogP contribution in [0.3, 0.4) is 0 Å². The monoisotopic (exact) mass is 378 g/mol. The van der Waals surface area contributed by atoms with Gasteiger partial charge >= 0.3 is 0 Å². The van der Waals surface area contributed by atoms with E-state index >= 15 is 0 Å². The van der Waals surface area contributed by atoms with Crippen molar-refractivity contribution in [1.29, 1.82) is 0 Å². The molecule has 4 nitrogen and oxygen atoms in total. The molecule has 1 aromatic carbocycles. The van der Waals surface area contributed by atoms with Gasteiger partial charge in [-0.15, -0.1) is 11.3 Å². The molecule has 1 saturated heterocycles. The second kappa shape index (κ2) is 7.19. The number of aryl methyl sites for hydroxylation is 2. The smallest absolute Gasteiger partial charge is 0.244 e. The summed E-state index contributed by atoms with van der Waals surface area (Å²) >= 11 is 1.55. The van der Waals surface area contributed by atoms with Crippen molar-refractivity contribution in [3.63, 3.8) is 0 Å². The topological polar surface area (TPSA) is 40.6 Å². The van der Waals surface area contributed by atoms with Crippen LogP contribution in [-0.2, 0) is 16.6 Å². The van der Waals surface area contributed by atoms with E-state index in [4.69, 9.17) is 0 Å². The van der Waals surface area contributed by atoms with Crippen LogP contribution in [-0.4, -0.2) is 38.3 Å². The zero-order chi connectivity index (χ0) is 18.2. The van der Waals surface area contributed by atoms with E-state index < -0.39 is 10.0 Å². The lowest BCUT2D eigenvalue weighted by molar-refractivity contribution is 0.395. The summed E-state index contributed by atoms with van der Waals surface area (Å²) in [5.74, 6) is 0. The first-order chi connectivity index (χ1) is 11.8. The zero-order valence-electron chi connectivity index (χ0n) is 15.3. The molecule has 3 rings (SSSR count). The normalized spacial score (nSPS) is 19.0. The molecule has 0 spiro atoms. The third-order valence-corrected chi connectivity index (χ3v) is 7.78. The van der Waals surface area contributed by atoms with E-state index in [-0.39, 0.29) is 6.04 Å². The number of rotatable bonds is 5. The van der Waals surface area contributed by atoms with Crippen LogP contribution in [0.4, 0.5) is 0 Å². The number of nitrogens with zero attached hydrogens (tertiary/aromatic N) is 2. The fraction of sp³-hybridized carbons (Fsp3) is 0.474. The molecule has 0 saturated carbocycles. The predicted octanol–water partition coefficient (Wildman–Crippen LogP) is 3.95. The standard InChI is InChI=1S/C19H26N2O2S2/c1-14-12-19(15(2)24-14)25(22,23)21-11-5-6-18(21)17-9-7-16(8-10-17)13-20(3)4/h7-10,12,18H,5-6,11,13H2,1-4H3/t18-/m0/s1. The van der Waals surface area contributed by atoms with Crippen molar-refractivity contribution in [2.75, 3.05) is 20.6 Å². The highest BCUT2D eigenvalue weighted by Gasteiger charge is 2.37. The van der Waals surface area contributed by atoms with Gasteiger partial charge in [-0.25, -0.2) is 8.42 Å². The SMILES string of the molecule is Cc1cc(S(=O)(=O)N2CCC[C@H]2c2ccc(CN(C)C)cc2)c(C)s1. The average Bonchev–Trinajstić information content (AvgIpc) is 3.14. The minimum Gasteiger partial charge on any atom is -0.305 e. The molecule has 1 fully saturated rings. The highest BCUT2D eigenvalue weighted by Crippen LogP contribution is 2.38. The zero-order valence-corrected chi connectivity index (χ0v) is 17.0. The molecule has 0 aliphatic carbocycles. The maximum Gasteiger partial charge on any atom is 0.244 e. The quantitative estimate of drug-likeness (QED) is 0.791. The van der Waals surface area contributed by atoms with Crippen LogP contribution in [0.15, 0.2) is 35.2 Å². The Kier molecular flexibility index (Phi) is 5.34. The fourth-order valence-corrected chi connectivity index (χ4v) is 6.77. The van der Waals surface area contributed by atoms with Crippen LogP contribution in [0.5, 0.6) is 0 Å². The lowest BCUT2D eigenvalue weighted by Crippen LogP contribution is -2.30. The molecular formula is C19H26N2O2S2. The molecule has 136 valence electrons. The van der Waals surface area contributed by atoms with Gasteiger partial charge in [-0.1, -0.05) is 24.3 Å². The first kappa shape index (κ1) is 18.6. The lowest BCUT2D eigenvalue weighted by Gasteiger charge is -2.24. The Morgan fingerprint density at radius 3 is 2.44 bits per heavy atom. The van der Waals surface area contributed by atoms with Gasteiger partial charge < -0.3 is 4.90 Å². The highest BCUT2D eigenvalue weighted by atomic mass is 32.2. The molecule has 0 unspecified atom stereocenters. The van der Waals surface area contributed by atoms with Crippen molar-refractivity contribution in [2.45, 2.75) is 44.2 Å². The fourth-order valence-electron chi connectivity index (χ4n) is 3.56. The summed E-state index contributed by atoms with van der Waals surface area (Å²) < 4.78 is 28.1. The third-order valence-electron chi connectivity index (χ3n) is 4.65. The summed E-state index contributed by atoms with van der Waals surface area (Å²) in [4.78, 5) is 4.53. The van der Waals surface area contributed by atoms with Gasteiger partial charge in [0.1, 0.15) is 0 Å². The van der Waals surface area contributed by atoms with Crippen molar-refractivity contribution in [3.05, 3.63) is 51.2 Å². The number of hydrogen-bond donors (Lipinski definition) is 0. The van der Waals surface area contributed by atoms with Crippen molar-refractivity contribution in [1.82, 2.24) is 9.21 Å². The molecule has 1 aliphatic rings. The van der Waals surface area contributed by atoms with Crippen LogP contribution >= 0.6 is 11.3 Å². The van der Waals surface area contributed by atoms with Gasteiger partial charge in [0, 0.05) is 22.8 Å². The van der Waals surface area contributed by atoms with Gasteiger partial charge in [0.05, 0.1) is 10.9 Å². The van der Waals surface area contributed by atoms with Crippen molar-refractivity contribution < 1.29 is 8.42 Å². The minimum atomic E-state index is -3.44. The molecular weight excluding hydrogens is 352 g/mol. The molecule has 0 bridgehead atoms. The number of benzene rings is 1. The summed E-state index contributed by atoms with van der Waals surface area (Å²) in [6, 6.07) is 10.1. The molecule has 6 heteroatoms. The molecule has 1 aliphatic heterocycles. The number of sulfonamides is 1. The summed E-state index contributed by atoms with van der Waals surface area (Å²) in [6.45, 7) is 5.34. The van der Waals surface area contributed by atoms with Crippen LogP contribution in [0.25, 0.3) is 0 Å². The van der Waals surface area contributed by atoms with Crippen LogP contribution < -0.4 is 0 Å². The van der Waals surface area contributed by atoms with E-state index in [2.05, 4.69) is 29.2 Å². The minimum absolute atomic E-state index is 0.0574. The summed E-state index contributed by atoms with van der Waals surface area (Å²) in [5.41, 5.74) is 2.33. The predicted molar refractivity (Wildman–Crippen MR) is 103 cm³/mol. The van der Waals surface area contributed by atoms with Crippen LogP contribution in [0.1, 0.15) is 39.8 Å². The summed E-state index contributed by atoms with van der Waals surface area (Å²) in [5, 5.41) is 0. The molecule has 1 aromatic heterocycles. The Hall–Kier alpha value is -1.21. The van der Waals surface area contributed by atoms with Gasteiger partial charge in [0.15, 0.2) is 0 Å². The summed E-state index contributed by atoms with van der Waals surface area (Å²) in [6.07, 6.45) is 1.79. The van der Waals surface area contributed by atoms with Crippen LogP contribution in [0.2, 0.25) is 0 Å². The van der Waals surface area contributed by atoms with E-state index in [0.717, 1.165) is 34.7 Å². The molecule has 0 N–H and O–H groups in total. The van der Waals surface area contributed by atoms with Crippen LogP contribution in [0, 0.1) is 13.8 Å². The molecule has 2 heterocycles. The first-order valence-corrected chi connectivity index (χ1v) is 10.9. The molecule has 0 radical (unpaired) electrons. The number of hydrogen-bond acceptors (Lipinski definition) is 4. The van der Waals surface area contributed by atoms with E-state index in [1.165, 1.54) is 5.56 Å².